The number of nitrogens with zero attached hydrogens (tertiary/aromatic N) is 2. The molecule has 19 heavy (non-hydrogen) atoms. The smallest absolute Gasteiger partial charge is 0.239 e. The lowest BCUT2D eigenvalue weighted by molar-refractivity contribution is -0.119. The first kappa shape index (κ1) is 15.0. The molecule has 5 heteroatoms. The summed E-state index contributed by atoms with van der Waals surface area (Å²) in [6.07, 6.45) is -0.653. The van der Waals surface area contributed by atoms with Crippen LogP contribution in [0.2, 0.25) is 0 Å². The van der Waals surface area contributed by atoms with Gasteiger partial charge in [0.15, 0.2) is 0 Å². The first-order valence-electron chi connectivity index (χ1n) is 6.19. The van der Waals surface area contributed by atoms with Crippen LogP contribution in [0.5, 0.6) is 0 Å². The molecular weight excluding hydrogens is 242 g/mol. The molecule has 0 aliphatic carbocycles. The van der Waals surface area contributed by atoms with Crippen molar-refractivity contribution in [3.8, 4) is 6.07 Å². The number of carbonyl (C=O) groups is 1. The molecule has 0 heterocycles. The monoisotopic (exact) mass is 261 g/mol. The fraction of sp³-hybridized carbons (Fsp3) is 0.429. The van der Waals surface area contributed by atoms with Crippen molar-refractivity contribution in [2.24, 2.45) is 0 Å². The normalized spacial score (nSPS) is 11.5. The number of anilines is 1. The van der Waals surface area contributed by atoms with Crippen LogP contribution in [0.15, 0.2) is 18.2 Å². The van der Waals surface area contributed by atoms with Gasteiger partial charge >= 0.3 is 0 Å². The number of rotatable bonds is 5. The van der Waals surface area contributed by atoms with Gasteiger partial charge in [0.05, 0.1) is 24.3 Å². The van der Waals surface area contributed by atoms with E-state index in [0.29, 0.717) is 23.4 Å². The van der Waals surface area contributed by atoms with E-state index in [1.807, 2.05) is 6.92 Å². The average molecular weight is 261 g/mol. The van der Waals surface area contributed by atoms with E-state index >= 15 is 0 Å². The minimum absolute atomic E-state index is 0.0936. The van der Waals surface area contributed by atoms with E-state index in [4.69, 9.17) is 5.26 Å². The third-order valence-electron chi connectivity index (χ3n) is 2.78. The van der Waals surface area contributed by atoms with Crippen LogP contribution in [0.25, 0.3) is 0 Å². The topological polar surface area (TPSA) is 76.4 Å². The molecule has 0 fully saturated rings. The Hall–Kier alpha value is -2.06. The quantitative estimate of drug-likeness (QED) is 0.834. The van der Waals surface area contributed by atoms with Gasteiger partial charge < -0.3 is 15.3 Å². The van der Waals surface area contributed by atoms with Crippen molar-refractivity contribution in [1.82, 2.24) is 5.32 Å². The highest BCUT2D eigenvalue weighted by atomic mass is 16.3. The SMILES string of the molecule is CCNC(=O)CN(C)c1cc(C#N)ccc1[C@@H](C)O. The average Bonchev–Trinajstić information content (AvgIpc) is 2.37. The summed E-state index contributed by atoms with van der Waals surface area (Å²) >= 11 is 0. The molecule has 0 spiro atoms. The molecule has 1 aromatic rings. The third kappa shape index (κ3) is 3.97. The molecular formula is C14H19N3O2. The molecule has 0 saturated heterocycles. The second-order valence-corrected chi connectivity index (χ2v) is 4.37. The molecule has 1 aromatic carbocycles. The summed E-state index contributed by atoms with van der Waals surface area (Å²) in [6, 6.07) is 7.11. The van der Waals surface area contributed by atoms with Gasteiger partial charge in [0, 0.05) is 24.8 Å². The highest BCUT2D eigenvalue weighted by Crippen LogP contribution is 2.26. The molecule has 0 aliphatic rings. The summed E-state index contributed by atoms with van der Waals surface area (Å²) < 4.78 is 0. The Bertz CT molecular complexity index is 492. The van der Waals surface area contributed by atoms with E-state index < -0.39 is 6.10 Å². The number of likely N-dealkylation sites (N-methyl/N-ethyl adjacent to an activating group) is 2. The maximum Gasteiger partial charge on any atom is 0.239 e. The van der Waals surface area contributed by atoms with Crippen molar-refractivity contribution in [1.29, 1.82) is 5.26 Å². The molecule has 102 valence electrons. The Morgan fingerprint density at radius 2 is 2.26 bits per heavy atom. The van der Waals surface area contributed by atoms with Crippen molar-refractivity contribution in [3.63, 3.8) is 0 Å². The maximum atomic E-state index is 11.6. The maximum absolute atomic E-state index is 11.6. The van der Waals surface area contributed by atoms with Gasteiger partial charge in [-0.2, -0.15) is 5.26 Å². The Balaban J connectivity index is 3.02. The van der Waals surface area contributed by atoms with Crippen molar-refractivity contribution >= 4 is 11.6 Å². The second-order valence-electron chi connectivity index (χ2n) is 4.37. The summed E-state index contributed by atoms with van der Waals surface area (Å²) in [5.74, 6) is -0.0936. The van der Waals surface area contributed by atoms with Crippen LogP contribution in [0.1, 0.15) is 31.1 Å². The standard InChI is InChI=1S/C14H19N3O2/c1-4-16-14(19)9-17(3)13-7-11(8-15)5-6-12(13)10(2)18/h5-7,10,18H,4,9H2,1-3H3,(H,16,19)/t10-/m1/s1. The Labute approximate surface area is 113 Å². The number of amides is 1. The molecule has 0 saturated carbocycles. The van der Waals surface area contributed by atoms with Gasteiger partial charge in [-0.05, 0) is 26.0 Å². The van der Waals surface area contributed by atoms with E-state index in [-0.39, 0.29) is 12.5 Å². The second kappa shape index (κ2) is 6.76. The summed E-state index contributed by atoms with van der Waals surface area (Å²) in [7, 11) is 1.76. The molecule has 1 rings (SSSR count). The Morgan fingerprint density at radius 3 is 2.79 bits per heavy atom. The molecule has 0 bridgehead atoms. The highest BCUT2D eigenvalue weighted by molar-refractivity contribution is 5.81. The number of aliphatic hydroxyl groups is 1. The molecule has 0 aliphatic heterocycles. The van der Waals surface area contributed by atoms with Gasteiger partial charge in [0.25, 0.3) is 0 Å². The van der Waals surface area contributed by atoms with E-state index in [1.54, 1.807) is 37.1 Å². The van der Waals surface area contributed by atoms with Gasteiger partial charge in [0.2, 0.25) is 5.91 Å². The summed E-state index contributed by atoms with van der Waals surface area (Å²) in [6.45, 7) is 4.27. The van der Waals surface area contributed by atoms with E-state index in [9.17, 15) is 9.90 Å². The number of hydrogen-bond acceptors (Lipinski definition) is 4. The summed E-state index contributed by atoms with van der Waals surface area (Å²) in [5.41, 5.74) is 1.90. The van der Waals surface area contributed by atoms with Crippen LogP contribution in [0.4, 0.5) is 5.69 Å². The molecule has 1 amide bonds. The highest BCUT2D eigenvalue weighted by Gasteiger charge is 2.14. The van der Waals surface area contributed by atoms with Crippen LogP contribution in [0, 0.1) is 11.3 Å². The fourth-order valence-electron chi connectivity index (χ4n) is 1.85. The number of aliphatic hydroxyl groups excluding tert-OH is 1. The zero-order valence-corrected chi connectivity index (χ0v) is 11.5. The summed E-state index contributed by atoms with van der Waals surface area (Å²) in [4.78, 5) is 13.3. The van der Waals surface area contributed by atoms with E-state index in [1.165, 1.54) is 0 Å². The first-order chi connectivity index (χ1) is 8.99. The van der Waals surface area contributed by atoms with E-state index in [2.05, 4.69) is 11.4 Å². The Morgan fingerprint density at radius 1 is 1.58 bits per heavy atom. The zero-order valence-electron chi connectivity index (χ0n) is 11.5. The molecule has 0 radical (unpaired) electrons. The largest absolute Gasteiger partial charge is 0.389 e. The molecule has 1 atom stereocenters. The van der Waals surface area contributed by atoms with Crippen LogP contribution in [-0.4, -0.2) is 31.2 Å². The number of nitrogens with one attached hydrogen (secondary N) is 1. The van der Waals surface area contributed by atoms with Crippen LogP contribution in [0.3, 0.4) is 0 Å². The number of nitriles is 1. The third-order valence-corrected chi connectivity index (χ3v) is 2.78. The minimum Gasteiger partial charge on any atom is -0.389 e. The van der Waals surface area contributed by atoms with Gasteiger partial charge in [0.1, 0.15) is 0 Å². The number of benzene rings is 1. The molecule has 2 N–H and O–H groups in total. The van der Waals surface area contributed by atoms with Crippen molar-refractivity contribution in [2.75, 3.05) is 25.0 Å². The predicted molar refractivity (Wildman–Crippen MR) is 73.7 cm³/mol. The van der Waals surface area contributed by atoms with E-state index in [0.717, 1.165) is 0 Å². The van der Waals surface area contributed by atoms with Crippen LogP contribution < -0.4 is 10.2 Å². The fourth-order valence-corrected chi connectivity index (χ4v) is 1.85. The molecule has 5 nitrogen and oxygen atoms in total. The van der Waals surface area contributed by atoms with Gasteiger partial charge in [-0.25, -0.2) is 0 Å². The van der Waals surface area contributed by atoms with Crippen molar-refractivity contribution < 1.29 is 9.90 Å². The summed E-state index contributed by atoms with van der Waals surface area (Å²) in [5, 5.41) is 21.4. The minimum atomic E-state index is -0.653. The first-order valence-corrected chi connectivity index (χ1v) is 6.19. The Kier molecular flexibility index (Phi) is 5.34. The van der Waals surface area contributed by atoms with Crippen molar-refractivity contribution in [2.45, 2.75) is 20.0 Å². The molecule has 0 unspecified atom stereocenters. The van der Waals surface area contributed by atoms with Gasteiger partial charge in [-0.1, -0.05) is 6.07 Å². The lowest BCUT2D eigenvalue weighted by Gasteiger charge is -2.23. The van der Waals surface area contributed by atoms with Crippen LogP contribution in [-0.2, 0) is 4.79 Å². The van der Waals surface area contributed by atoms with Crippen molar-refractivity contribution in [3.05, 3.63) is 29.3 Å². The van der Waals surface area contributed by atoms with Crippen LogP contribution >= 0.6 is 0 Å². The number of hydrogen-bond donors (Lipinski definition) is 2. The number of carbonyl (C=O) groups excluding carboxylic acids is 1. The molecule has 0 aromatic heterocycles. The predicted octanol–water partition coefficient (Wildman–Crippen LogP) is 1.18. The zero-order chi connectivity index (χ0) is 14.4. The van der Waals surface area contributed by atoms with Gasteiger partial charge in [-0.3, -0.25) is 4.79 Å². The lowest BCUT2D eigenvalue weighted by atomic mass is 10.0. The van der Waals surface area contributed by atoms with Gasteiger partial charge in [-0.15, -0.1) is 0 Å². The lowest BCUT2D eigenvalue weighted by Crippen LogP contribution is -2.35.